The van der Waals surface area contributed by atoms with E-state index in [9.17, 15) is 4.79 Å². The number of carbonyl (C=O) groups is 1. The normalized spacial score (nSPS) is 20.2. The fourth-order valence-electron chi connectivity index (χ4n) is 2.48. The summed E-state index contributed by atoms with van der Waals surface area (Å²) >= 11 is 0. The van der Waals surface area contributed by atoms with E-state index in [0.717, 1.165) is 25.2 Å². The Balaban J connectivity index is 2.04. The summed E-state index contributed by atoms with van der Waals surface area (Å²) < 4.78 is 0. The van der Waals surface area contributed by atoms with Crippen LogP contribution < -0.4 is 11.1 Å². The number of hydrogen-bond donors (Lipinski definition) is 2. The molecule has 1 atom stereocenters. The highest BCUT2D eigenvalue weighted by Gasteiger charge is 2.21. The highest BCUT2D eigenvalue weighted by atomic mass is 16.1. The van der Waals surface area contributed by atoms with E-state index in [1.165, 1.54) is 12.0 Å². The van der Waals surface area contributed by atoms with Crippen LogP contribution in [0.3, 0.4) is 0 Å². The molecule has 0 aliphatic carbocycles. The van der Waals surface area contributed by atoms with E-state index in [1.807, 2.05) is 32.2 Å². The second-order valence-corrected chi connectivity index (χ2v) is 5.01. The monoisotopic (exact) mass is 247 g/mol. The molecule has 98 valence electrons. The number of primary amides is 1. The highest BCUT2D eigenvalue weighted by molar-refractivity contribution is 5.93. The predicted octanol–water partition coefficient (Wildman–Crippen LogP) is 0.888. The van der Waals surface area contributed by atoms with Gasteiger partial charge in [0.15, 0.2) is 0 Å². The SMILES string of the molecule is CNC1CCN(Cc2ccc(C(N)=O)cc2C)C1. The van der Waals surface area contributed by atoms with Crippen LogP contribution in [0.25, 0.3) is 0 Å². The van der Waals surface area contributed by atoms with Crippen molar-refractivity contribution in [1.29, 1.82) is 0 Å². The van der Waals surface area contributed by atoms with Crippen LogP contribution in [-0.2, 0) is 6.54 Å². The third kappa shape index (κ3) is 2.89. The molecule has 0 saturated carbocycles. The molecule has 1 aliphatic rings. The van der Waals surface area contributed by atoms with E-state index < -0.39 is 0 Å². The summed E-state index contributed by atoms with van der Waals surface area (Å²) in [7, 11) is 2.01. The highest BCUT2D eigenvalue weighted by Crippen LogP contribution is 2.17. The number of rotatable bonds is 4. The van der Waals surface area contributed by atoms with E-state index in [0.29, 0.717) is 11.6 Å². The number of nitrogens with zero attached hydrogens (tertiary/aromatic N) is 1. The molecule has 1 heterocycles. The maximum absolute atomic E-state index is 11.1. The average molecular weight is 247 g/mol. The average Bonchev–Trinajstić information content (AvgIpc) is 2.79. The van der Waals surface area contributed by atoms with Gasteiger partial charge >= 0.3 is 0 Å². The lowest BCUT2D eigenvalue weighted by Crippen LogP contribution is -2.29. The topological polar surface area (TPSA) is 58.4 Å². The molecule has 0 aromatic heterocycles. The zero-order chi connectivity index (χ0) is 13.1. The standard InChI is InChI=1S/C14H21N3O/c1-10-7-11(14(15)18)3-4-12(10)8-17-6-5-13(9-17)16-2/h3-4,7,13,16H,5-6,8-9H2,1-2H3,(H2,15,18). The smallest absolute Gasteiger partial charge is 0.248 e. The van der Waals surface area contributed by atoms with Gasteiger partial charge in [-0.3, -0.25) is 9.69 Å². The number of aryl methyl sites for hydroxylation is 1. The summed E-state index contributed by atoms with van der Waals surface area (Å²) in [4.78, 5) is 13.5. The van der Waals surface area contributed by atoms with E-state index in [1.54, 1.807) is 0 Å². The Labute approximate surface area is 108 Å². The Morgan fingerprint density at radius 2 is 2.33 bits per heavy atom. The molecule has 0 spiro atoms. The van der Waals surface area contributed by atoms with E-state index in [4.69, 9.17) is 5.73 Å². The first-order valence-corrected chi connectivity index (χ1v) is 6.39. The summed E-state index contributed by atoms with van der Waals surface area (Å²) in [6.07, 6.45) is 1.20. The van der Waals surface area contributed by atoms with Crippen molar-refractivity contribution in [3.05, 3.63) is 34.9 Å². The number of hydrogen-bond acceptors (Lipinski definition) is 3. The zero-order valence-electron chi connectivity index (χ0n) is 11.1. The molecular formula is C14H21N3O. The van der Waals surface area contributed by atoms with Gasteiger partial charge in [0.2, 0.25) is 5.91 Å². The Morgan fingerprint density at radius 1 is 1.56 bits per heavy atom. The van der Waals surface area contributed by atoms with E-state index in [-0.39, 0.29) is 5.91 Å². The first-order valence-electron chi connectivity index (χ1n) is 6.39. The Kier molecular flexibility index (Phi) is 3.99. The molecule has 1 aliphatic heterocycles. The quantitative estimate of drug-likeness (QED) is 0.830. The minimum Gasteiger partial charge on any atom is -0.366 e. The number of likely N-dealkylation sites (N-methyl/N-ethyl adjacent to an activating group) is 1. The Hall–Kier alpha value is -1.39. The van der Waals surface area contributed by atoms with Crippen LogP contribution in [0.15, 0.2) is 18.2 Å². The minimum atomic E-state index is -0.360. The third-order valence-corrected chi connectivity index (χ3v) is 3.70. The molecule has 1 aromatic rings. The molecule has 4 heteroatoms. The van der Waals surface area contributed by atoms with Crippen molar-refractivity contribution in [2.45, 2.75) is 25.9 Å². The lowest BCUT2D eigenvalue weighted by Gasteiger charge is -2.17. The van der Waals surface area contributed by atoms with Crippen LogP contribution in [0.1, 0.15) is 27.9 Å². The molecule has 1 aromatic carbocycles. The van der Waals surface area contributed by atoms with Crippen LogP contribution in [0.4, 0.5) is 0 Å². The lowest BCUT2D eigenvalue weighted by atomic mass is 10.0. The third-order valence-electron chi connectivity index (χ3n) is 3.70. The Bertz CT molecular complexity index is 445. The largest absolute Gasteiger partial charge is 0.366 e. The molecule has 1 fully saturated rings. The summed E-state index contributed by atoms with van der Waals surface area (Å²) in [6, 6.07) is 6.32. The van der Waals surface area contributed by atoms with Crippen LogP contribution in [-0.4, -0.2) is 37.0 Å². The number of nitrogens with two attached hydrogens (primary N) is 1. The summed E-state index contributed by atoms with van der Waals surface area (Å²) in [6.45, 7) is 5.20. The molecule has 4 nitrogen and oxygen atoms in total. The van der Waals surface area contributed by atoms with Gasteiger partial charge in [0.1, 0.15) is 0 Å². The number of amides is 1. The predicted molar refractivity (Wildman–Crippen MR) is 72.4 cm³/mol. The Morgan fingerprint density at radius 3 is 2.89 bits per heavy atom. The maximum Gasteiger partial charge on any atom is 0.248 e. The maximum atomic E-state index is 11.1. The number of likely N-dealkylation sites (tertiary alicyclic amines) is 1. The first-order chi connectivity index (χ1) is 8.60. The van der Waals surface area contributed by atoms with Gasteiger partial charge in [-0.05, 0) is 43.7 Å². The van der Waals surface area contributed by atoms with Crippen molar-refractivity contribution in [2.24, 2.45) is 5.73 Å². The summed E-state index contributed by atoms with van der Waals surface area (Å²) in [5, 5.41) is 3.32. The summed E-state index contributed by atoms with van der Waals surface area (Å²) in [5.41, 5.74) is 8.28. The van der Waals surface area contributed by atoms with Crippen molar-refractivity contribution < 1.29 is 4.79 Å². The van der Waals surface area contributed by atoms with Crippen molar-refractivity contribution >= 4 is 5.91 Å². The van der Waals surface area contributed by atoms with Crippen molar-refractivity contribution in [1.82, 2.24) is 10.2 Å². The molecule has 1 amide bonds. The molecule has 2 rings (SSSR count). The zero-order valence-corrected chi connectivity index (χ0v) is 11.1. The minimum absolute atomic E-state index is 0.360. The number of nitrogens with one attached hydrogen (secondary N) is 1. The van der Waals surface area contributed by atoms with Crippen molar-refractivity contribution in [3.63, 3.8) is 0 Å². The van der Waals surface area contributed by atoms with E-state index in [2.05, 4.69) is 10.2 Å². The van der Waals surface area contributed by atoms with Gasteiger partial charge in [-0.15, -0.1) is 0 Å². The van der Waals surface area contributed by atoms with Gasteiger partial charge in [0.05, 0.1) is 0 Å². The molecule has 3 N–H and O–H groups in total. The van der Waals surface area contributed by atoms with Gasteiger partial charge in [-0.2, -0.15) is 0 Å². The van der Waals surface area contributed by atoms with E-state index >= 15 is 0 Å². The molecule has 0 bridgehead atoms. The van der Waals surface area contributed by atoms with Crippen LogP contribution >= 0.6 is 0 Å². The fraction of sp³-hybridized carbons (Fsp3) is 0.500. The lowest BCUT2D eigenvalue weighted by molar-refractivity contribution is 0.1000. The molecule has 0 radical (unpaired) electrons. The second kappa shape index (κ2) is 5.50. The first kappa shape index (κ1) is 13.1. The van der Waals surface area contributed by atoms with Gasteiger partial charge in [-0.25, -0.2) is 0 Å². The summed E-state index contributed by atoms with van der Waals surface area (Å²) in [5.74, 6) is -0.360. The van der Waals surface area contributed by atoms with Gasteiger partial charge < -0.3 is 11.1 Å². The van der Waals surface area contributed by atoms with Crippen LogP contribution in [0, 0.1) is 6.92 Å². The molecule has 18 heavy (non-hydrogen) atoms. The van der Waals surface area contributed by atoms with Gasteiger partial charge in [-0.1, -0.05) is 6.07 Å². The number of carbonyl (C=O) groups excluding carboxylic acids is 1. The van der Waals surface area contributed by atoms with Gasteiger partial charge in [0.25, 0.3) is 0 Å². The fourth-order valence-corrected chi connectivity index (χ4v) is 2.48. The number of benzene rings is 1. The molecular weight excluding hydrogens is 226 g/mol. The van der Waals surface area contributed by atoms with Crippen LogP contribution in [0.2, 0.25) is 0 Å². The van der Waals surface area contributed by atoms with Gasteiger partial charge in [0, 0.05) is 31.2 Å². The van der Waals surface area contributed by atoms with Crippen LogP contribution in [0.5, 0.6) is 0 Å². The second-order valence-electron chi connectivity index (χ2n) is 5.01. The molecule has 1 saturated heterocycles. The van der Waals surface area contributed by atoms with Crippen molar-refractivity contribution in [2.75, 3.05) is 20.1 Å². The molecule has 1 unspecified atom stereocenters. The van der Waals surface area contributed by atoms with Crippen molar-refractivity contribution in [3.8, 4) is 0 Å².